The molecule has 0 aliphatic heterocycles. The fourth-order valence-electron chi connectivity index (χ4n) is 1.90. The molecule has 1 amide bonds. The molecule has 122 valence electrons. The summed E-state index contributed by atoms with van der Waals surface area (Å²) in [6.07, 6.45) is 0.718. The summed E-state index contributed by atoms with van der Waals surface area (Å²) in [5, 5.41) is 2.68. The summed E-state index contributed by atoms with van der Waals surface area (Å²) in [7, 11) is 0. The quantitative estimate of drug-likeness (QED) is 0.870. The van der Waals surface area contributed by atoms with Crippen molar-refractivity contribution >= 4 is 5.91 Å². The largest absolute Gasteiger partial charge is 0.481 e. The lowest BCUT2D eigenvalue weighted by atomic mass is 10.3. The van der Waals surface area contributed by atoms with Gasteiger partial charge in [0.05, 0.1) is 6.33 Å². The summed E-state index contributed by atoms with van der Waals surface area (Å²) in [5.41, 5.74) is 0.485. The lowest BCUT2D eigenvalue weighted by molar-refractivity contribution is -0.127. The van der Waals surface area contributed by atoms with Gasteiger partial charge in [-0.1, -0.05) is 0 Å². The van der Waals surface area contributed by atoms with E-state index in [4.69, 9.17) is 4.74 Å². The van der Waals surface area contributed by atoms with Crippen LogP contribution in [0.15, 0.2) is 41.5 Å². The molecule has 0 spiro atoms. The smallest absolute Gasteiger partial charge is 0.260 e. The average molecular weight is 319 g/mol. The third-order valence-electron chi connectivity index (χ3n) is 3.16. The Morgan fingerprint density at radius 1 is 1.39 bits per heavy atom. The summed E-state index contributed by atoms with van der Waals surface area (Å²) < 4.78 is 19.6. The van der Waals surface area contributed by atoms with Crippen LogP contribution in [0.1, 0.15) is 12.6 Å². The Morgan fingerprint density at radius 3 is 2.74 bits per heavy atom. The maximum absolute atomic E-state index is 12.8. The Morgan fingerprint density at radius 2 is 2.09 bits per heavy atom. The van der Waals surface area contributed by atoms with E-state index in [0.717, 1.165) is 0 Å². The molecular weight excluding hydrogens is 301 g/mol. The van der Waals surface area contributed by atoms with E-state index in [-0.39, 0.29) is 23.8 Å². The van der Waals surface area contributed by atoms with Crippen molar-refractivity contribution in [3.8, 4) is 5.75 Å². The molecule has 0 aliphatic carbocycles. The number of aryl methyl sites for hydroxylation is 1. The number of hydrogen-bond donors (Lipinski definition) is 1. The minimum absolute atomic E-state index is 0.164. The molecule has 2 rings (SSSR count). The lowest BCUT2D eigenvalue weighted by Gasteiger charge is -2.15. The molecule has 0 fully saturated rings. The first-order valence-corrected chi connectivity index (χ1v) is 7.19. The second kappa shape index (κ2) is 7.53. The van der Waals surface area contributed by atoms with Gasteiger partial charge >= 0.3 is 0 Å². The fraction of sp³-hybridized carbons (Fsp3) is 0.312. The molecule has 1 unspecified atom stereocenters. The van der Waals surface area contributed by atoms with E-state index in [1.807, 2.05) is 0 Å². The van der Waals surface area contributed by atoms with E-state index in [1.54, 1.807) is 13.8 Å². The van der Waals surface area contributed by atoms with Gasteiger partial charge in [-0.2, -0.15) is 0 Å². The summed E-state index contributed by atoms with van der Waals surface area (Å²) in [6, 6.07) is 6.86. The van der Waals surface area contributed by atoms with Crippen LogP contribution in [-0.2, 0) is 11.3 Å². The second-order valence-corrected chi connectivity index (χ2v) is 5.07. The molecule has 0 saturated carbocycles. The minimum atomic E-state index is -0.728. The van der Waals surface area contributed by atoms with Gasteiger partial charge in [-0.25, -0.2) is 9.37 Å². The number of amides is 1. The zero-order valence-corrected chi connectivity index (χ0v) is 13.0. The van der Waals surface area contributed by atoms with E-state index in [1.165, 1.54) is 41.2 Å². The van der Waals surface area contributed by atoms with Crippen LogP contribution in [0.4, 0.5) is 4.39 Å². The molecular formula is C16H18FN3O3. The number of carbonyl (C=O) groups excluding carboxylic acids is 1. The van der Waals surface area contributed by atoms with Gasteiger partial charge in [0, 0.05) is 24.8 Å². The zero-order chi connectivity index (χ0) is 16.8. The first-order chi connectivity index (χ1) is 11.0. The molecule has 0 aliphatic rings. The van der Waals surface area contributed by atoms with Crippen molar-refractivity contribution in [3.63, 3.8) is 0 Å². The van der Waals surface area contributed by atoms with Gasteiger partial charge in [-0.05, 0) is 38.1 Å². The van der Waals surface area contributed by atoms with E-state index in [0.29, 0.717) is 18.0 Å². The number of benzene rings is 1. The maximum atomic E-state index is 12.8. The number of nitrogens with zero attached hydrogens (tertiary/aromatic N) is 2. The maximum Gasteiger partial charge on any atom is 0.260 e. The van der Waals surface area contributed by atoms with Gasteiger partial charge in [0.2, 0.25) is 0 Å². The number of halogens is 1. The monoisotopic (exact) mass is 319 g/mol. The van der Waals surface area contributed by atoms with Crippen molar-refractivity contribution in [1.82, 2.24) is 14.9 Å². The summed E-state index contributed by atoms with van der Waals surface area (Å²) in [4.78, 5) is 27.6. The highest BCUT2D eigenvalue weighted by atomic mass is 19.1. The highest BCUT2D eigenvalue weighted by Gasteiger charge is 2.14. The van der Waals surface area contributed by atoms with Crippen molar-refractivity contribution in [1.29, 1.82) is 0 Å². The molecule has 1 N–H and O–H groups in total. The Labute approximate surface area is 132 Å². The number of aromatic nitrogens is 2. The van der Waals surface area contributed by atoms with Gasteiger partial charge in [0.15, 0.2) is 6.10 Å². The Bertz CT molecular complexity index is 728. The van der Waals surface area contributed by atoms with E-state index in [9.17, 15) is 14.0 Å². The zero-order valence-electron chi connectivity index (χ0n) is 13.0. The highest BCUT2D eigenvalue weighted by Crippen LogP contribution is 2.12. The first kappa shape index (κ1) is 16.7. The molecule has 0 bridgehead atoms. The molecule has 23 heavy (non-hydrogen) atoms. The molecule has 1 atom stereocenters. The Kier molecular flexibility index (Phi) is 5.46. The molecule has 2 aromatic rings. The van der Waals surface area contributed by atoms with Gasteiger partial charge in [0.1, 0.15) is 11.6 Å². The molecule has 7 heteroatoms. The van der Waals surface area contributed by atoms with Crippen LogP contribution < -0.4 is 15.6 Å². The average Bonchev–Trinajstić information content (AvgIpc) is 2.51. The summed E-state index contributed by atoms with van der Waals surface area (Å²) in [6.45, 7) is 3.93. The molecule has 6 nitrogen and oxygen atoms in total. The number of nitrogens with one attached hydrogen (secondary N) is 1. The molecule has 1 heterocycles. The topological polar surface area (TPSA) is 73.2 Å². The minimum Gasteiger partial charge on any atom is -0.481 e. The van der Waals surface area contributed by atoms with Crippen molar-refractivity contribution in [2.75, 3.05) is 6.54 Å². The Hall–Kier alpha value is -2.70. The van der Waals surface area contributed by atoms with Crippen LogP contribution in [-0.4, -0.2) is 28.1 Å². The van der Waals surface area contributed by atoms with Crippen molar-refractivity contribution in [2.45, 2.75) is 26.5 Å². The van der Waals surface area contributed by atoms with Gasteiger partial charge < -0.3 is 10.1 Å². The third kappa shape index (κ3) is 4.91. The fourth-order valence-corrected chi connectivity index (χ4v) is 1.90. The predicted octanol–water partition coefficient (Wildman–Crippen LogP) is 1.27. The van der Waals surface area contributed by atoms with Gasteiger partial charge in [-0.3, -0.25) is 14.2 Å². The second-order valence-electron chi connectivity index (χ2n) is 5.07. The summed E-state index contributed by atoms with van der Waals surface area (Å²) >= 11 is 0. The van der Waals surface area contributed by atoms with E-state index >= 15 is 0 Å². The van der Waals surface area contributed by atoms with Crippen LogP contribution >= 0.6 is 0 Å². The number of ether oxygens (including phenoxy) is 1. The van der Waals surface area contributed by atoms with Crippen LogP contribution in [0.3, 0.4) is 0 Å². The van der Waals surface area contributed by atoms with E-state index < -0.39 is 6.10 Å². The lowest BCUT2D eigenvalue weighted by Crippen LogP contribution is -2.38. The van der Waals surface area contributed by atoms with Crippen LogP contribution in [0, 0.1) is 12.7 Å². The van der Waals surface area contributed by atoms with Gasteiger partial charge in [0.25, 0.3) is 11.5 Å². The standard InChI is InChI=1S/C16H18FN3O3/c1-11-9-15(21)20(10-19-11)8-7-18-16(22)12(2)23-14-5-3-13(17)4-6-14/h3-6,9-10,12H,7-8H2,1-2H3,(H,18,22). The Balaban J connectivity index is 1.82. The third-order valence-corrected chi connectivity index (χ3v) is 3.16. The van der Waals surface area contributed by atoms with Crippen LogP contribution in [0.5, 0.6) is 5.75 Å². The van der Waals surface area contributed by atoms with Gasteiger partial charge in [-0.15, -0.1) is 0 Å². The predicted molar refractivity (Wildman–Crippen MR) is 82.7 cm³/mol. The van der Waals surface area contributed by atoms with Crippen molar-refractivity contribution in [3.05, 3.63) is 58.5 Å². The molecule has 1 aromatic carbocycles. The van der Waals surface area contributed by atoms with Crippen molar-refractivity contribution < 1.29 is 13.9 Å². The van der Waals surface area contributed by atoms with E-state index in [2.05, 4.69) is 10.3 Å². The van der Waals surface area contributed by atoms with Crippen LogP contribution in [0.2, 0.25) is 0 Å². The summed E-state index contributed by atoms with van der Waals surface area (Å²) in [5.74, 6) is -0.276. The first-order valence-electron chi connectivity index (χ1n) is 7.19. The number of carbonyl (C=O) groups is 1. The van der Waals surface area contributed by atoms with Crippen LogP contribution in [0.25, 0.3) is 0 Å². The molecule has 0 saturated heterocycles. The van der Waals surface area contributed by atoms with Crippen molar-refractivity contribution in [2.24, 2.45) is 0 Å². The number of hydrogen-bond acceptors (Lipinski definition) is 4. The molecule has 0 radical (unpaired) electrons. The molecule has 1 aromatic heterocycles. The number of rotatable bonds is 6. The SMILES string of the molecule is Cc1cc(=O)n(CCNC(=O)C(C)Oc2ccc(F)cc2)cn1. The highest BCUT2D eigenvalue weighted by molar-refractivity contribution is 5.80. The normalized spacial score (nSPS) is 11.8.